The molecule has 2 aromatic heterocycles. The van der Waals surface area contributed by atoms with Gasteiger partial charge in [0.1, 0.15) is 11.0 Å². The third-order valence-corrected chi connectivity index (χ3v) is 4.80. The molecule has 0 spiro atoms. The van der Waals surface area contributed by atoms with Crippen molar-refractivity contribution in [2.75, 3.05) is 17.2 Å². The maximum Gasteiger partial charge on any atom is 0.225 e. The topological polar surface area (TPSA) is 87.9 Å². The van der Waals surface area contributed by atoms with Crippen LogP contribution < -0.4 is 10.6 Å². The summed E-state index contributed by atoms with van der Waals surface area (Å²) in [6, 6.07) is 8.10. The monoisotopic (exact) mass is 446 g/mol. The predicted octanol–water partition coefficient (Wildman–Crippen LogP) is 4.83. The number of anilines is 3. The number of benzene rings is 1. The van der Waals surface area contributed by atoms with Crippen molar-refractivity contribution in [3.05, 3.63) is 34.4 Å². The molecule has 0 aliphatic heterocycles. The van der Waals surface area contributed by atoms with Gasteiger partial charge in [0.25, 0.3) is 0 Å². The SMILES string of the molecule is CC(O)CNc1nc(Nc2ccc(Br)cc2)c2c(n1)c(C(C)C)nn2C(C)C. The van der Waals surface area contributed by atoms with E-state index in [1.807, 2.05) is 28.9 Å². The molecule has 1 unspecified atom stereocenters. The number of aliphatic hydroxyl groups excluding tert-OH is 1. The molecule has 0 saturated heterocycles. The number of rotatable bonds is 7. The lowest BCUT2D eigenvalue weighted by molar-refractivity contribution is 0.208. The quantitative estimate of drug-likeness (QED) is 0.481. The summed E-state index contributed by atoms with van der Waals surface area (Å²) in [5.74, 6) is 1.38. The lowest BCUT2D eigenvalue weighted by atomic mass is 10.1. The molecule has 150 valence electrons. The van der Waals surface area contributed by atoms with E-state index in [1.54, 1.807) is 6.92 Å². The van der Waals surface area contributed by atoms with Crippen LogP contribution in [0.15, 0.2) is 28.7 Å². The van der Waals surface area contributed by atoms with Crippen molar-refractivity contribution >= 4 is 44.4 Å². The van der Waals surface area contributed by atoms with Crippen LogP contribution in [0.2, 0.25) is 0 Å². The zero-order chi connectivity index (χ0) is 20.4. The van der Waals surface area contributed by atoms with Gasteiger partial charge >= 0.3 is 0 Å². The van der Waals surface area contributed by atoms with Gasteiger partial charge in [0, 0.05) is 22.7 Å². The molecule has 3 aromatic rings. The number of fused-ring (bicyclic) bond motifs is 1. The van der Waals surface area contributed by atoms with Crippen LogP contribution in [0, 0.1) is 0 Å². The summed E-state index contributed by atoms with van der Waals surface area (Å²) in [6.07, 6.45) is -0.495. The molecule has 1 atom stereocenters. The van der Waals surface area contributed by atoms with Crippen LogP contribution in [0.4, 0.5) is 17.5 Å². The molecule has 8 heteroatoms. The molecule has 0 saturated carbocycles. The van der Waals surface area contributed by atoms with Crippen LogP contribution in [0.3, 0.4) is 0 Å². The first-order valence-electron chi connectivity index (χ1n) is 9.51. The number of nitrogens with zero attached hydrogens (tertiary/aromatic N) is 4. The largest absolute Gasteiger partial charge is 0.392 e. The minimum absolute atomic E-state index is 0.167. The second-order valence-electron chi connectivity index (χ2n) is 7.53. The van der Waals surface area contributed by atoms with Gasteiger partial charge in [-0.2, -0.15) is 10.1 Å². The molecule has 3 rings (SSSR count). The van der Waals surface area contributed by atoms with Crippen LogP contribution in [-0.2, 0) is 0 Å². The Morgan fingerprint density at radius 2 is 1.75 bits per heavy atom. The Morgan fingerprint density at radius 3 is 2.32 bits per heavy atom. The molecule has 2 heterocycles. The summed E-state index contributed by atoms with van der Waals surface area (Å²) in [5.41, 5.74) is 3.56. The molecule has 1 aromatic carbocycles. The van der Waals surface area contributed by atoms with Gasteiger partial charge in [-0.25, -0.2) is 4.98 Å². The molecule has 7 nitrogen and oxygen atoms in total. The zero-order valence-corrected chi connectivity index (χ0v) is 18.4. The van der Waals surface area contributed by atoms with E-state index in [-0.39, 0.29) is 12.0 Å². The molecule has 0 radical (unpaired) electrons. The summed E-state index contributed by atoms with van der Waals surface area (Å²) in [7, 11) is 0. The van der Waals surface area contributed by atoms with E-state index in [0.717, 1.165) is 26.9 Å². The lowest BCUT2D eigenvalue weighted by Crippen LogP contribution is -2.17. The van der Waals surface area contributed by atoms with Crippen molar-refractivity contribution in [3.8, 4) is 0 Å². The highest BCUT2D eigenvalue weighted by atomic mass is 79.9. The Kier molecular flexibility index (Phi) is 6.20. The number of nitrogens with one attached hydrogen (secondary N) is 2. The number of hydrogen-bond acceptors (Lipinski definition) is 6. The van der Waals surface area contributed by atoms with Gasteiger partial charge in [0.2, 0.25) is 5.95 Å². The third kappa shape index (κ3) is 4.44. The van der Waals surface area contributed by atoms with E-state index in [9.17, 15) is 5.11 Å². The van der Waals surface area contributed by atoms with Crippen molar-refractivity contribution in [1.82, 2.24) is 19.7 Å². The smallest absolute Gasteiger partial charge is 0.225 e. The number of halogens is 1. The average Bonchev–Trinajstić information content (AvgIpc) is 3.02. The molecule has 0 aliphatic carbocycles. The van der Waals surface area contributed by atoms with Gasteiger partial charge in [0.15, 0.2) is 5.82 Å². The standard InChI is InChI=1S/C20H27BrN6O/c1-11(2)16-17-18(27(26-16)12(3)4)19(23-15-8-6-14(21)7-9-15)25-20(24-17)22-10-13(5)28/h6-9,11-13,28H,10H2,1-5H3,(H2,22,23,24,25). The maximum atomic E-state index is 9.62. The fourth-order valence-corrected chi connectivity index (χ4v) is 3.17. The summed E-state index contributed by atoms with van der Waals surface area (Å²) in [5, 5.41) is 21.0. The van der Waals surface area contributed by atoms with Crippen molar-refractivity contribution in [1.29, 1.82) is 0 Å². The highest BCUT2D eigenvalue weighted by molar-refractivity contribution is 9.10. The molecule has 0 aliphatic rings. The van der Waals surface area contributed by atoms with Crippen LogP contribution >= 0.6 is 15.9 Å². The molecule has 28 heavy (non-hydrogen) atoms. The van der Waals surface area contributed by atoms with Crippen LogP contribution in [0.25, 0.3) is 11.0 Å². The van der Waals surface area contributed by atoms with Gasteiger partial charge in [-0.15, -0.1) is 0 Å². The van der Waals surface area contributed by atoms with E-state index in [0.29, 0.717) is 18.3 Å². The Labute approximate surface area is 173 Å². The number of aromatic nitrogens is 4. The van der Waals surface area contributed by atoms with E-state index in [2.05, 4.69) is 59.2 Å². The predicted molar refractivity (Wildman–Crippen MR) is 117 cm³/mol. The van der Waals surface area contributed by atoms with E-state index >= 15 is 0 Å². The first-order valence-corrected chi connectivity index (χ1v) is 10.3. The zero-order valence-electron chi connectivity index (χ0n) is 16.9. The normalized spacial score (nSPS) is 12.8. The minimum atomic E-state index is -0.495. The molecular formula is C20H27BrN6O. The van der Waals surface area contributed by atoms with Gasteiger partial charge < -0.3 is 15.7 Å². The van der Waals surface area contributed by atoms with Crippen molar-refractivity contribution in [2.45, 2.75) is 52.7 Å². The van der Waals surface area contributed by atoms with Crippen molar-refractivity contribution < 1.29 is 5.11 Å². The Hall–Kier alpha value is -2.19. The highest BCUT2D eigenvalue weighted by Crippen LogP contribution is 2.32. The average molecular weight is 447 g/mol. The summed E-state index contributed by atoms with van der Waals surface area (Å²) in [6.45, 7) is 10.5. The van der Waals surface area contributed by atoms with Crippen molar-refractivity contribution in [3.63, 3.8) is 0 Å². The fourth-order valence-electron chi connectivity index (χ4n) is 2.90. The molecule has 3 N–H and O–H groups in total. The Balaban J connectivity index is 2.17. The second kappa shape index (κ2) is 8.45. The third-order valence-electron chi connectivity index (χ3n) is 4.27. The maximum absolute atomic E-state index is 9.62. The molecular weight excluding hydrogens is 420 g/mol. The molecule has 0 bridgehead atoms. The van der Waals surface area contributed by atoms with Gasteiger partial charge in [0.05, 0.1) is 11.8 Å². The first kappa shape index (κ1) is 20.5. The summed E-state index contributed by atoms with van der Waals surface area (Å²) >= 11 is 3.47. The highest BCUT2D eigenvalue weighted by Gasteiger charge is 2.22. The van der Waals surface area contributed by atoms with E-state index < -0.39 is 6.10 Å². The first-order chi connectivity index (χ1) is 13.3. The number of aliphatic hydroxyl groups is 1. The van der Waals surface area contributed by atoms with Crippen molar-refractivity contribution in [2.24, 2.45) is 0 Å². The van der Waals surface area contributed by atoms with E-state index in [4.69, 9.17) is 10.1 Å². The van der Waals surface area contributed by atoms with Gasteiger partial charge in [-0.3, -0.25) is 4.68 Å². The lowest BCUT2D eigenvalue weighted by Gasteiger charge is -2.14. The number of hydrogen-bond donors (Lipinski definition) is 3. The van der Waals surface area contributed by atoms with Crippen LogP contribution in [-0.4, -0.2) is 37.5 Å². The van der Waals surface area contributed by atoms with Gasteiger partial charge in [-0.05, 0) is 51.0 Å². The Bertz CT molecular complexity index is 949. The second-order valence-corrected chi connectivity index (χ2v) is 8.45. The van der Waals surface area contributed by atoms with Crippen LogP contribution in [0.5, 0.6) is 0 Å². The molecule has 0 fully saturated rings. The van der Waals surface area contributed by atoms with E-state index in [1.165, 1.54) is 0 Å². The summed E-state index contributed by atoms with van der Waals surface area (Å²) < 4.78 is 2.99. The fraction of sp³-hybridized carbons (Fsp3) is 0.450. The minimum Gasteiger partial charge on any atom is -0.392 e. The van der Waals surface area contributed by atoms with Crippen LogP contribution in [0.1, 0.15) is 52.3 Å². The molecule has 0 amide bonds. The van der Waals surface area contributed by atoms with Gasteiger partial charge in [-0.1, -0.05) is 29.8 Å². The Morgan fingerprint density at radius 1 is 1.07 bits per heavy atom. The summed E-state index contributed by atoms with van der Waals surface area (Å²) in [4.78, 5) is 9.41.